The Bertz CT molecular complexity index is 1630. The molecule has 0 bridgehead atoms. The van der Waals surface area contributed by atoms with Gasteiger partial charge in [0, 0.05) is 5.56 Å². The van der Waals surface area contributed by atoms with E-state index in [9.17, 15) is 19.8 Å². The molecule has 0 saturated carbocycles. The topological polar surface area (TPSA) is 118 Å². The zero-order valence-electron chi connectivity index (χ0n) is 20.4. The van der Waals surface area contributed by atoms with Crippen LogP contribution in [0.3, 0.4) is 0 Å². The predicted molar refractivity (Wildman–Crippen MR) is 146 cm³/mol. The highest BCUT2D eigenvalue weighted by Gasteiger charge is 2.48. The molecule has 38 heavy (non-hydrogen) atoms. The number of rotatable bonds is 6. The molecule has 2 heterocycles. The van der Waals surface area contributed by atoms with Crippen LogP contribution < -0.4 is 19.1 Å². The summed E-state index contributed by atoms with van der Waals surface area (Å²) in [5.74, 6) is -1.04. The maximum Gasteiger partial charge on any atom is 0.301 e. The number of benzene rings is 3. The lowest BCUT2D eigenvalue weighted by atomic mass is 9.95. The number of fused-ring (bicyclic) bond motifs is 1. The van der Waals surface area contributed by atoms with E-state index in [1.54, 1.807) is 55.6 Å². The molecule has 9 nitrogen and oxygen atoms in total. The first-order chi connectivity index (χ1) is 18.3. The number of aliphatic hydroxyl groups is 1. The number of aliphatic hydroxyl groups excluding tert-OH is 1. The van der Waals surface area contributed by atoms with Crippen molar-refractivity contribution >= 4 is 60.1 Å². The number of aromatic nitrogens is 1. The molecule has 5 rings (SSSR count). The average Bonchev–Trinajstić information content (AvgIpc) is 3.47. The minimum absolute atomic E-state index is 0.121. The molecule has 1 unspecified atom stereocenters. The summed E-state index contributed by atoms with van der Waals surface area (Å²) in [5.41, 5.74) is 1.18. The fraction of sp³-hybridized carbons (Fsp3) is 0.148. The Labute approximate surface area is 229 Å². The van der Waals surface area contributed by atoms with Crippen molar-refractivity contribution in [3.8, 4) is 23.0 Å². The van der Waals surface area contributed by atoms with E-state index in [1.807, 2.05) is 0 Å². The Kier molecular flexibility index (Phi) is 6.72. The number of hydrogen-bond acceptors (Lipinski definition) is 9. The van der Waals surface area contributed by atoms with Gasteiger partial charge in [-0.3, -0.25) is 14.5 Å². The van der Waals surface area contributed by atoms with Gasteiger partial charge in [-0.25, -0.2) is 4.98 Å². The van der Waals surface area contributed by atoms with Crippen molar-refractivity contribution < 1.29 is 34.0 Å². The number of aromatic hydroxyl groups is 1. The van der Waals surface area contributed by atoms with Gasteiger partial charge < -0.3 is 24.4 Å². The fourth-order valence-electron chi connectivity index (χ4n) is 4.30. The van der Waals surface area contributed by atoms with Gasteiger partial charge in [0.25, 0.3) is 5.78 Å². The van der Waals surface area contributed by atoms with Crippen molar-refractivity contribution in [2.24, 2.45) is 0 Å². The third kappa shape index (κ3) is 4.23. The number of carbonyl (C=O) groups is 2. The lowest BCUT2D eigenvalue weighted by molar-refractivity contribution is -0.132. The van der Waals surface area contributed by atoms with Crippen LogP contribution in [0.2, 0.25) is 0 Å². The number of phenols is 1. The molecule has 1 fully saturated rings. The zero-order chi connectivity index (χ0) is 27.1. The maximum absolute atomic E-state index is 13.5. The van der Waals surface area contributed by atoms with Crippen LogP contribution in [-0.4, -0.2) is 48.2 Å². The lowest BCUT2D eigenvalue weighted by Crippen LogP contribution is -2.29. The van der Waals surface area contributed by atoms with Gasteiger partial charge in [0.15, 0.2) is 16.6 Å². The lowest BCUT2D eigenvalue weighted by Gasteiger charge is -2.24. The van der Waals surface area contributed by atoms with Crippen LogP contribution in [0.25, 0.3) is 16.0 Å². The molecule has 4 aromatic rings. The Balaban J connectivity index is 1.76. The first-order valence-electron chi connectivity index (χ1n) is 11.2. The van der Waals surface area contributed by atoms with Crippen molar-refractivity contribution in [3.63, 3.8) is 0 Å². The summed E-state index contributed by atoms with van der Waals surface area (Å²) >= 11 is 4.52. The molecule has 0 radical (unpaired) electrons. The Morgan fingerprint density at radius 1 is 1.00 bits per heavy atom. The number of Topliss-reactive ketones (excluding diaryl/α,β-unsaturated/α-hetero) is 1. The van der Waals surface area contributed by atoms with Crippen LogP contribution in [0.1, 0.15) is 17.2 Å². The maximum atomic E-state index is 13.5. The average molecular weight is 597 g/mol. The number of anilines is 1. The molecule has 1 amide bonds. The highest BCUT2D eigenvalue weighted by molar-refractivity contribution is 9.10. The molecule has 11 heteroatoms. The normalized spacial score (nSPS) is 16.7. The van der Waals surface area contributed by atoms with E-state index >= 15 is 0 Å². The largest absolute Gasteiger partial charge is 0.507 e. The van der Waals surface area contributed by atoms with Gasteiger partial charge in [-0.1, -0.05) is 23.5 Å². The molecule has 1 aliphatic rings. The molecule has 1 saturated heterocycles. The molecule has 1 aliphatic heterocycles. The summed E-state index contributed by atoms with van der Waals surface area (Å²) in [6, 6.07) is 13.8. The number of ether oxygens (including phenoxy) is 3. The van der Waals surface area contributed by atoms with Gasteiger partial charge in [0.05, 0.1) is 47.6 Å². The van der Waals surface area contributed by atoms with Gasteiger partial charge in [-0.05, 0) is 64.0 Å². The van der Waals surface area contributed by atoms with Crippen LogP contribution >= 0.6 is 27.3 Å². The van der Waals surface area contributed by atoms with E-state index < -0.39 is 17.7 Å². The van der Waals surface area contributed by atoms with E-state index in [4.69, 9.17) is 14.2 Å². The van der Waals surface area contributed by atoms with Crippen LogP contribution in [0.4, 0.5) is 5.13 Å². The number of methoxy groups -OCH3 is 3. The van der Waals surface area contributed by atoms with Crippen molar-refractivity contribution in [2.75, 3.05) is 26.2 Å². The second-order valence-electron chi connectivity index (χ2n) is 8.28. The number of halogens is 1. The summed E-state index contributed by atoms with van der Waals surface area (Å²) in [4.78, 5) is 32.9. The highest BCUT2D eigenvalue weighted by atomic mass is 79.9. The number of phenolic OH excluding ortho intramolecular Hbond substituents is 1. The zero-order valence-corrected chi connectivity index (χ0v) is 22.8. The molecular weight excluding hydrogens is 576 g/mol. The van der Waals surface area contributed by atoms with E-state index in [1.165, 1.54) is 36.5 Å². The quantitative estimate of drug-likeness (QED) is 0.172. The minimum atomic E-state index is -1.07. The summed E-state index contributed by atoms with van der Waals surface area (Å²) in [6.07, 6.45) is 0. The van der Waals surface area contributed by atoms with Gasteiger partial charge in [0.1, 0.15) is 17.3 Å². The third-order valence-electron chi connectivity index (χ3n) is 6.16. The smallest absolute Gasteiger partial charge is 0.301 e. The second kappa shape index (κ2) is 9.99. The molecule has 0 spiro atoms. The third-order valence-corrected chi connectivity index (χ3v) is 7.79. The van der Waals surface area contributed by atoms with Gasteiger partial charge in [-0.2, -0.15) is 0 Å². The standard InChI is InChI=1S/C27H21BrN2O7S/c1-35-15-6-4-5-13(9-15)23(31)21-22(14-10-17(28)24(32)19(11-14)37-3)30(26(34)25(21)33)27-29-18-8-7-16(36-2)12-20(18)38-27/h4-12,22,31-32H,1-3H3/b23-21+. The van der Waals surface area contributed by atoms with Crippen molar-refractivity contribution in [2.45, 2.75) is 6.04 Å². The summed E-state index contributed by atoms with van der Waals surface area (Å²) in [5, 5.41) is 22.0. The highest BCUT2D eigenvalue weighted by Crippen LogP contribution is 2.47. The van der Waals surface area contributed by atoms with E-state index in [0.717, 1.165) is 4.70 Å². The SMILES string of the molecule is COc1cccc(/C(O)=C2\C(=O)C(=O)N(c3nc4ccc(OC)cc4s3)C2c2cc(Br)c(O)c(OC)c2)c1. The number of ketones is 1. The molecule has 194 valence electrons. The van der Waals surface area contributed by atoms with Crippen molar-refractivity contribution in [1.82, 2.24) is 4.98 Å². The van der Waals surface area contributed by atoms with Gasteiger partial charge >= 0.3 is 5.91 Å². The number of nitrogens with zero attached hydrogens (tertiary/aromatic N) is 2. The number of hydrogen-bond donors (Lipinski definition) is 2. The summed E-state index contributed by atoms with van der Waals surface area (Å²) in [6.45, 7) is 0. The van der Waals surface area contributed by atoms with Crippen LogP contribution in [0.15, 0.2) is 64.6 Å². The van der Waals surface area contributed by atoms with Crippen LogP contribution in [0.5, 0.6) is 23.0 Å². The fourth-order valence-corrected chi connectivity index (χ4v) is 5.78. The molecule has 2 N–H and O–H groups in total. The molecule has 3 aromatic carbocycles. The van der Waals surface area contributed by atoms with Crippen LogP contribution in [-0.2, 0) is 9.59 Å². The molecule has 1 atom stereocenters. The Hall–Kier alpha value is -4.09. The summed E-state index contributed by atoms with van der Waals surface area (Å²) in [7, 11) is 4.43. The van der Waals surface area contributed by atoms with Crippen molar-refractivity contribution in [1.29, 1.82) is 0 Å². The van der Waals surface area contributed by atoms with Gasteiger partial charge in [0.2, 0.25) is 0 Å². The number of carbonyl (C=O) groups excluding carboxylic acids is 2. The first kappa shape index (κ1) is 25.6. The molecular formula is C27H21BrN2O7S. The van der Waals surface area contributed by atoms with Gasteiger partial charge in [-0.15, -0.1) is 0 Å². The predicted octanol–water partition coefficient (Wildman–Crippen LogP) is 5.42. The monoisotopic (exact) mass is 596 g/mol. The molecule has 1 aromatic heterocycles. The Morgan fingerprint density at radius 3 is 2.45 bits per heavy atom. The number of thiazole rings is 1. The van der Waals surface area contributed by atoms with E-state index in [2.05, 4.69) is 20.9 Å². The van der Waals surface area contributed by atoms with E-state index in [0.29, 0.717) is 28.1 Å². The van der Waals surface area contributed by atoms with E-state index in [-0.39, 0.29) is 32.4 Å². The summed E-state index contributed by atoms with van der Waals surface area (Å²) < 4.78 is 16.9. The van der Waals surface area contributed by atoms with Crippen LogP contribution in [0, 0.1) is 0 Å². The minimum Gasteiger partial charge on any atom is -0.507 e. The van der Waals surface area contributed by atoms with Crippen molar-refractivity contribution in [3.05, 3.63) is 75.8 Å². The second-order valence-corrected chi connectivity index (χ2v) is 10.1. The first-order valence-corrected chi connectivity index (χ1v) is 12.8. The number of amides is 1. The Morgan fingerprint density at radius 2 is 1.74 bits per heavy atom. The molecule has 0 aliphatic carbocycles.